The van der Waals surface area contributed by atoms with E-state index < -0.39 is 6.09 Å². The summed E-state index contributed by atoms with van der Waals surface area (Å²) in [6.07, 6.45) is 3.57. The number of hydrogen-bond acceptors (Lipinski definition) is 5. The number of primary amides is 1. The summed E-state index contributed by atoms with van der Waals surface area (Å²) in [7, 11) is 1.22. The smallest absolute Gasteiger partial charge is 0.404 e. The molecule has 1 amide bonds. The van der Waals surface area contributed by atoms with Crippen LogP contribution in [0, 0.1) is 0 Å². The number of rotatable bonds is 0. The van der Waals surface area contributed by atoms with Crippen molar-refractivity contribution in [3.05, 3.63) is 19.0 Å². The van der Waals surface area contributed by atoms with Crippen molar-refractivity contribution >= 4 is 6.09 Å². The van der Waals surface area contributed by atoms with E-state index in [4.69, 9.17) is 0 Å². The third kappa shape index (κ3) is 8.28. The molecule has 0 bridgehead atoms. The van der Waals surface area contributed by atoms with Crippen LogP contribution in [0.5, 0.6) is 0 Å². The summed E-state index contributed by atoms with van der Waals surface area (Å²) in [6.45, 7) is 0. The third-order valence-electron chi connectivity index (χ3n) is 0.601. The summed E-state index contributed by atoms with van der Waals surface area (Å²) in [4.78, 5) is 20.1. The fourth-order valence-corrected chi connectivity index (χ4v) is 0.205. The van der Waals surface area contributed by atoms with Gasteiger partial charge in [0.25, 0.3) is 0 Å². The summed E-state index contributed by atoms with van der Waals surface area (Å²) < 4.78 is 3.89. The van der Waals surface area contributed by atoms with Crippen LogP contribution in [0.1, 0.15) is 0 Å². The van der Waals surface area contributed by atoms with Crippen molar-refractivity contribution in [2.45, 2.75) is 0 Å². The summed E-state index contributed by atoms with van der Waals surface area (Å²) in [6, 6.07) is 0. The van der Waals surface area contributed by atoms with Gasteiger partial charge in [-0.15, -0.1) is 0 Å². The van der Waals surface area contributed by atoms with E-state index in [2.05, 4.69) is 25.4 Å². The maximum Gasteiger partial charge on any atom is 0.404 e. The molecule has 0 fully saturated rings. The molecule has 0 radical (unpaired) electrons. The van der Waals surface area contributed by atoms with Crippen molar-refractivity contribution in [1.29, 1.82) is 0 Å². The van der Waals surface area contributed by atoms with Crippen molar-refractivity contribution in [2.75, 3.05) is 7.11 Å². The quantitative estimate of drug-likeness (QED) is 0.551. The molecule has 0 aliphatic heterocycles. The molecule has 0 aliphatic carbocycles. The number of carbonyl (C=O) groups excluding carboxylic acids is 1. The van der Waals surface area contributed by atoms with Gasteiger partial charge in [-0.25, -0.2) is 19.7 Å². The van der Waals surface area contributed by atoms with E-state index in [0.717, 1.165) is 0 Å². The topological polar surface area (TPSA) is 91.0 Å². The number of hydrogen-bond donors (Lipinski definition) is 1. The second-order valence-corrected chi connectivity index (χ2v) is 1.32. The van der Waals surface area contributed by atoms with Crippen LogP contribution in [-0.4, -0.2) is 28.2 Å². The fourth-order valence-electron chi connectivity index (χ4n) is 0.205. The van der Waals surface area contributed by atoms with Crippen LogP contribution in [0.2, 0.25) is 0 Å². The first-order valence-electron chi connectivity index (χ1n) is 2.65. The van der Waals surface area contributed by atoms with Crippen LogP contribution >= 0.6 is 0 Å². The van der Waals surface area contributed by atoms with E-state index in [1.54, 1.807) is 0 Å². The predicted molar refractivity (Wildman–Crippen MR) is 36.4 cm³/mol. The Hall–Kier alpha value is -1.72. The Balaban J connectivity index is 0.000000187. The second-order valence-electron chi connectivity index (χ2n) is 1.32. The van der Waals surface area contributed by atoms with E-state index in [9.17, 15) is 4.79 Å². The Morgan fingerprint density at radius 3 is 1.64 bits per heavy atom. The number of nitrogens with two attached hydrogens (primary N) is 1. The molecule has 0 unspecified atom stereocenters. The molecule has 1 aromatic heterocycles. The Bertz CT molecular complexity index is 164. The molecule has 0 aliphatic rings. The van der Waals surface area contributed by atoms with Crippen molar-refractivity contribution in [2.24, 2.45) is 5.73 Å². The van der Waals surface area contributed by atoms with Gasteiger partial charge in [0.05, 0.1) is 7.11 Å². The highest BCUT2D eigenvalue weighted by Crippen LogP contribution is 1.57. The molecule has 6 heteroatoms. The molecule has 2 N–H and O–H groups in total. The van der Waals surface area contributed by atoms with Crippen LogP contribution in [0.15, 0.2) is 19.0 Å². The third-order valence-corrected chi connectivity index (χ3v) is 0.601. The molecule has 11 heavy (non-hydrogen) atoms. The Morgan fingerprint density at radius 2 is 1.55 bits per heavy atom. The van der Waals surface area contributed by atoms with Gasteiger partial charge in [-0.2, -0.15) is 0 Å². The lowest BCUT2D eigenvalue weighted by Crippen LogP contribution is -2.08. The van der Waals surface area contributed by atoms with Crippen molar-refractivity contribution in [3.8, 4) is 0 Å². The van der Waals surface area contributed by atoms with Crippen LogP contribution in [-0.2, 0) is 4.74 Å². The van der Waals surface area contributed by atoms with E-state index in [1.807, 2.05) is 0 Å². The van der Waals surface area contributed by atoms with Crippen molar-refractivity contribution < 1.29 is 9.53 Å². The average Bonchev–Trinajstić information content (AvgIpc) is 2.09. The van der Waals surface area contributed by atoms with E-state index in [-0.39, 0.29) is 0 Å². The molecule has 0 saturated heterocycles. The molecule has 0 saturated carbocycles. The normalized spacial score (nSPS) is 7.36. The molecule has 6 nitrogen and oxygen atoms in total. The van der Waals surface area contributed by atoms with Gasteiger partial charge < -0.3 is 10.5 Å². The highest BCUT2D eigenvalue weighted by atomic mass is 16.5. The Morgan fingerprint density at radius 1 is 1.27 bits per heavy atom. The van der Waals surface area contributed by atoms with Crippen LogP contribution in [0.3, 0.4) is 0 Å². The summed E-state index contributed by atoms with van der Waals surface area (Å²) in [5.74, 6) is 0. The predicted octanol–water partition coefficient (Wildman–Crippen LogP) is -0.417. The first kappa shape index (κ1) is 9.28. The van der Waals surface area contributed by atoms with Gasteiger partial charge in [0.2, 0.25) is 0 Å². The van der Waals surface area contributed by atoms with E-state index >= 15 is 0 Å². The SMILES string of the molecule is COC(N)=O.c1ncncn1. The number of amides is 1. The first-order chi connectivity index (χ1) is 5.27. The van der Waals surface area contributed by atoms with Crippen molar-refractivity contribution in [3.63, 3.8) is 0 Å². The molecular formula is C5H8N4O2. The standard InChI is InChI=1S/C3H3N3.C2H5NO2/c1-4-2-6-3-5-1;1-5-2(3)4/h1-3H;1H3,(H2,3,4). The van der Waals surface area contributed by atoms with Crippen LogP contribution < -0.4 is 5.73 Å². The van der Waals surface area contributed by atoms with Gasteiger partial charge in [-0.3, -0.25) is 0 Å². The second kappa shape index (κ2) is 6.40. The lowest BCUT2D eigenvalue weighted by Gasteiger charge is -1.81. The molecule has 1 aromatic rings. The van der Waals surface area contributed by atoms with E-state index in [1.165, 1.54) is 26.1 Å². The van der Waals surface area contributed by atoms with Crippen molar-refractivity contribution in [1.82, 2.24) is 15.0 Å². The number of carbonyl (C=O) groups is 1. The number of methoxy groups -OCH3 is 1. The zero-order valence-corrected chi connectivity index (χ0v) is 5.97. The van der Waals surface area contributed by atoms with E-state index in [0.29, 0.717) is 0 Å². The van der Waals surface area contributed by atoms with Crippen LogP contribution in [0.25, 0.3) is 0 Å². The molecule has 60 valence electrons. The monoisotopic (exact) mass is 156 g/mol. The number of ether oxygens (including phenoxy) is 1. The lowest BCUT2D eigenvalue weighted by molar-refractivity contribution is 0.182. The summed E-state index contributed by atoms with van der Waals surface area (Å²) in [5.41, 5.74) is 4.43. The van der Waals surface area contributed by atoms with Gasteiger partial charge in [0.1, 0.15) is 19.0 Å². The average molecular weight is 156 g/mol. The van der Waals surface area contributed by atoms with Gasteiger partial charge in [-0.05, 0) is 0 Å². The largest absolute Gasteiger partial charge is 0.453 e. The molecule has 0 aromatic carbocycles. The zero-order valence-electron chi connectivity index (χ0n) is 5.97. The maximum atomic E-state index is 9.37. The first-order valence-corrected chi connectivity index (χ1v) is 2.65. The molecule has 1 rings (SSSR count). The maximum absolute atomic E-state index is 9.37. The number of nitrogens with zero attached hydrogens (tertiary/aromatic N) is 3. The Labute approximate surface area is 63.4 Å². The van der Waals surface area contributed by atoms with Crippen LogP contribution in [0.4, 0.5) is 4.79 Å². The summed E-state index contributed by atoms with van der Waals surface area (Å²) in [5, 5.41) is 0. The highest BCUT2D eigenvalue weighted by molar-refractivity contribution is 5.64. The lowest BCUT2D eigenvalue weighted by atomic mass is 11.1. The molecule has 0 spiro atoms. The van der Waals surface area contributed by atoms with Gasteiger partial charge in [0.15, 0.2) is 0 Å². The zero-order chi connectivity index (χ0) is 8.53. The van der Waals surface area contributed by atoms with Gasteiger partial charge in [-0.1, -0.05) is 0 Å². The minimum Gasteiger partial charge on any atom is -0.453 e. The number of aromatic nitrogens is 3. The Kier molecular flexibility index (Phi) is 5.40. The molecule has 1 heterocycles. The summed E-state index contributed by atoms with van der Waals surface area (Å²) >= 11 is 0. The minimum absolute atomic E-state index is 0.745. The van der Waals surface area contributed by atoms with Gasteiger partial charge >= 0.3 is 6.09 Å². The molecular weight excluding hydrogens is 148 g/mol. The highest BCUT2D eigenvalue weighted by Gasteiger charge is 1.76. The fraction of sp³-hybridized carbons (Fsp3) is 0.200. The molecule has 0 atom stereocenters. The van der Waals surface area contributed by atoms with Gasteiger partial charge in [0, 0.05) is 0 Å². The minimum atomic E-state index is -0.745.